The molecule has 0 aromatic carbocycles. The van der Waals surface area contributed by atoms with E-state index in [0.717, 1.165) is 57.8 Å². The van der Waals surface area contributed by atoms with Crippen molar-refractivity contribution in [1.29, 1.82) is 0 Å². The summed E-state index contributed by atoms with van der Waals surface area (Å²) in [5.41, 5.74) is 0. The van der Waals surface area contributed by atoms with Crippen LogP contribution in [0.5, 0.6) is 0 Å². The Morgan fingerprint density at radius 1 is 0.200 bits per heavy atom. The van der Waals surface area contributed by atoms with Crippen molar-refractivity contribution in [2.75, 3.05) is 13.2 Å². The van der Waals surface area contributed by atoms with E-state index in [1.165, 1.54) is 340 Å². The predicted molar refractivity (Wildman–Crippen MR) is 349 cm³/mol. The minimum absolute atomic E-state index is 0.0612. The van der Waals surface area contributed by atoms with Gasteiger partial charge in [0.25, 0.3) is 0 Å². The highest BCUT2D eigenvalue weighted by molar-refractivity contribution is 5.71. The van der Waals surface area contributed by atoms with Gasteiger partial charge in [-0.3, -0.25) is 14.4 Å². The van der Waals surface area contributed by atoms with Crippen molar-refractivity contribution in [2.45, 2.75) is 444 Å². The van der Waals surface area contributed by atoms with E-state index in [2.05, 4.69) is 20.8 Å². The number of rotatable bonds is 70. The first-order valence-electron chi connectivity index (χ1n) is 37.0. The van der Waals surface area contributed by atoms with Crippen LogP contribution in [0.1, 0.15) is 438 Å². The predicted octanol–water partition coefficient (Wildman–Crippen LogP) is 25.4. The van der Waals surface area contributed by atoms with Crippen LogP contribution in [-0.4, -0.2) is 37.2 Å². The summed E-state index contributed by atoms with van der Waals surface area (Å²) in [4.78, 5) is 38.2. The largest absolute Gasteiger partial charge is 0.462 e. The molecular weight excluding hydrogens is 985 g/mol. The number of carbonyl (C=O) groups is 3. The Bertz CT molecular complexity index is 1200. The van der Waals surface area contributed by atoms with Gasteiger partial charge in [0.15, 0.2) is 6.10 Å². The van der Waals surface area contributed by atoms with E-state index < -0.39 is 6.10 Å². The second-order valence-electron chi connectivity index (χ2n) is 25.6. The summed E-state index contributed by atoms with van der Waals surface area (Å²) in [6.07, 6.45) is 83.4. The highest BCUT2D eigenvalue weighted by Gasteiger charge is 2.20. The van der Waals surface area contributed by atoms with Crippen LogP contribution in [-0.2, 0) is 28.6 Å². The number of hydrogen-bond acceptors (Lipinski definition) is 6. The van der Waals surface area contributed by atoms with E-state index in [4.69, 9.17) is 14.2 Å². The van der Waals surface area contributed by atoms with Crippen LogP contribution >= 0.6 is 0 Å². The zero-order chi connectivity index (χ0) is 57.8. The summed E-state index contributed by atoms with van der Waals surface area (Å²) in [5, 5.41) is 0. The average molecular weight is 1130 g/mol. The molecule has 80 heavy (non-hydrogen) atoms. The standard InChI is InChI=1S/C74H144O6/c1-4-7-10-13-16-18-20-22-24-26-28-30-32-33-34-35-36-37-38-39-40-41-42-44-45-47-49-51-53-55-58-61-64-67-73(76)79-70-71(69-78-72(75)66-63-60-57-15-12-9-6-3)80-74(77)68-65-62-59-56-54-52-50-48-46-43-31-29-27-25-23-21-19-17-14-11-8-5-2/h71H,4-70H2,1-3H3. The van der Waals surface area contributed by atoms with Gasteiger partial charge in [-0.05, 0) is 19.3 Å². The lowest BCUT2D eigenvalue weighted by Crippen LogP contribution is -2.30. The van der Waals surface area contributed by atoms with Crippen LogP contribution in [0.25, 0.3) is 0 Å². The zero-order valence-corrected chi connectivity index (χ0v) is 54.9. The molecule has 1 atom stereocenters. The maximum absolute atomic E-state index is 12.9. The van der Waals surface area contributed by atoms with Crippen molar-refractivity contribution in [1.82, 2.24) is 0 Å². The van der Waals surface area contributed by atoms with Crippen molar-refractivity contribution in [2.24, 2.45) is 0 Å². The molecule has 6 nitrogen and oxygen atoms in total. The fraction of sp³-hybridized carbons (Fsp3) is 0.959. The second-order valence-corrected chi connectivity index (χ2v) is 25.6. The third-order valence-electron chi connectivity index (χ3n) is 17.4. The van der Waals surface area contributed by atoms with Crippen molar-refractivity contribution in [3.05, 3.63) is 0 Å². The maximum atomic E-state index is 12.9. The molecule has 0 N–H and O–H groups in total. The Balaban J connectivity index is 3.92. The fourth-order valence-corrected chi connectivity index (χ4v) is 11.8. The van der Waals surface area contributed by atoms with Gasteiger partial charge in [0.2, 0.25) is 0 Å². The van der Waals surface area contributed by atoms with E-state index in [9.17, 15) is 14.4 Å². The molecule has 0 aliphatic heterocycles. The number of carbonyl (C=O) groups excluding carboxylic acids is 3. The fourth-order valence-electron chi connectivity index (χ4n) is 11.8. The number of ether oxygens (including phenoxy) is 3. The molecular formula is C74H144O6. The van der Waals surface area contributed by atoms with E-state index in [1.54, 1.807) is 0 Å². The molecule has 0 bridgehead atoms. The molecule has 476 valence electrons. The molecule has 0 aliphatic carbocycles. The van der Waals surface area contributed by atoms with E-state index in [0.29, 0.717) is 19.3 Å². The second kappa shape index (κ2) is 69.9. The van der Waals surface area contributed by atoms with Crippen LogP contribution in [0.4, 0.5) is 0 Å². The highest BCUT2D eigenvalue weighted by Crippen LogP contribution is 2.20. The van der Waals surface area contributed by atoms with Gasteiger partial charge >= 0.3 is 17.9 Å². The van der Waals surface area contributed by atoms with E-state index >= 15 is 0 Å². The van der Waals surface area contributed by atoms with Gasteiger partial charge in [0.05, 0.1) is 0 Å². The summed E-state index contributed by atoms with van der Waals surface area (Å²) >= 11 is 0. The lowest BCUT2D eigenvalue weighted by atomic mass is 10.0. The summed E-state index contributed by atoms with van der Waals surface area (Å²) in [6, 6.07) is 0. The van der Waals surface area contributed by atoms with Crippen LogP contribution in [0.2, 0.25) is 0 Å². The Morgan fingerprint density at radius 3 is 0.500 bits per heavy atom. The molecule has 0 aromatic rings. The molecule has 0 spiro atoms. The number of hydrogen-bond donors (Lipinski definition) is 0. The molecule has 0 saturated heterocycles. The van der Waals surface area contributed by atoms with Gasteiger partial charge in [0, 0.05) is 19.3 Å². The highest BCUT2D eigenvalue weighted by atomic mass is 16.6. The van der Waals surface area contributed by atoms with Crippen molar-refractivity contribution in [3.63, 3.8) is 0 Å². The van der Waals surface area contributed by atoms with Gasteiger partial charge in [-0.1, -0.05) is 400 Å². The molecule has 1 unspecified atom stereocenters. The minimum atomic E-state index is -0.762. The van der Waals surface area contributed by atoms with Crippen LogP contribution in [0.15, 0.2) is 0 Å². The average Bonchev–Trinajstić information content (AvgIpc) is 3.46. The smallest absolute Gasteiger partial charge is 0.306 e. The third kappa shape index (κ3) is 67.2. The molecule has 0 radical (unpaired) electrons. The summed E-state index contributed by atoms with van der Waals surface area (Å²) < 4.78 is 16.9. The number of esters is 3. The Hall–Kier alpha value is -1.59. The quantitative estimate of drug-likeness (QED) is 0.0343. The van der Waals surface area contributed by atoms with Gasteiger partial charge in [-0.25, -0.2) is 0 Å². The Labute approximate surface area is 501 Å². The molecule has 0 fully saturated rings. The molecule has 6 heteroatoms. The normalized spacial score (nSPS) is 11.9. The Kier molecular flexibility index (Phi) is 68.5. The van der Waals surface area contributed by atoms with Gasteiger partial charge < -0.3 is 14.2 Å². The first-order valence-corrected chi connectivity index (χ1v) is 37.0. The molecule has 0 aromatic heterocycles. The lowest BCUT2D eigenvalue weighted by Gasteiger charge is -2.18. The molecule has 0 aliphatic rings. The SMILES string of the molecule is CCCCCCCCCCCCCCCCCCCCCCCCCCCCCCCCCCCC(=O)OCC(COC(=O)CCCCCCCCC)OC(=O)CCCCCCCCCCCCCCCCCCCCCCCC. The number of unbranched alkanes of at least 4 members (excludes halogenated alkanes) is 59. The molecule has 0 saturated carbocycles. The molecule has 0 rings (SSSR count). The molecule has 0 amide bonds. The van der Waals surface area contributed by atoms with Crippen LogP contribution in [0.3, 0.4) is 0 Å². The summed E-state index contributed by atoms with van der Waals surface area (Å²) in [5.74, 6) is -0.832. The van der Waals surface area contributed by atoms with Crippen LogP contribution < -0.4 is 0 Å². The van der Waals surface area contributed by atoms with E-state index in [-0.39, 0.29) is 31.1 Å². The third-order valence-corrected chi connectivity index (χ3v) is 17.4. The maximum Gasteiger partial charge on any atom is 0.306 e. The zero-order valence-electron chi connectivity index (χ0n) is 54.9. The summed E-state index contributed by atoms with van der Waals surface area (Å²) in [6.45, 7) is 6.70. The van der Waals surface area contributed by atoms with Gasteiger partial charge in [0.1, 0.15) is 13.2 Å². The minimum Gasteiger partial charge on any atom is -0.462 e. The van der Waals surface area contributed by atoms with E-state index in [1.807, 2.05) is 0 Å². The lowest BCUT2D eigenvalue weighted by molar-refractivity contribution is -0.167. The van der Waals surface area contributed by atoms with Gasteiger partial charge in [-0.15, -0.1) is 0 Å². The first kappa shape index (κ1) is 78.4. The molecule has 0 heterocycles. The van der Waals surface area contributed by atoms with Crippen molar-refractivity contribution >= 4 is 17.9 Å². The van der Waals surface area contributed by atoms with Crippen molar-refractivity contribution in [3.8, 4) is 0 Å². The van der Waals surface area contributed by atoms with Crippen LogP contribution in [0, 0.1) is 0 Å². The first-order chi connectivity index (χ1) is 39.5. The van der Waals surface area contributed by atoms with Crippen molar-refractivity contribution < 1.29 is 28.6 Å². The Morgan fingerprint density at radius 2 is 0.338 bits per heavy atom. The topological polar surface area (TPSA) is 78.9 Å². The monoisotopic (exact) mass is 1130 g/mol. The van der Waals surface area contributed by atoms with Gasteiger partial charge in [-0.2, -0.15) is 0 Å². The summed E-state index contributed by atoms with van der Waals surface area (Å²) in [7, 11) is 0.